The predicted octanol–water partition coefficient (Wildman–Crippen LogP) is 0.478. The second-order valence-corrected chi connectivity index (χ2v) is 2.69. The molecule has 0 amide bonds. The Labute approximate surface area is 70.6 Å². The summed E-state index contributed by atoms with van der Waals surface area (Å²) in [4.78, 5) is 5.42. The van der Waals surface area contributed by atoms with Crippen LogP contribution >= 0.6 is 8.81 Å². The van der Waals surface area contributed by atoms with Crippen molar-refractivity contribution in [2.24, 2.45) is 0 Å². The van der Waals surface area contributed by atoms with Crippen LogP contribution in [0.2, 0.25) is 0 Å². The van der Waals surface area contributed by atoms with E-state index in [1.54, 1.807) is 6.20 Å². The van der Waals surface area contributed by atoms with Gasteiger partial charge in [-0.15, -0.1) is 5.10 Å². The third kappa shape index (κ3) is 1.12. The summed E-state index contributed by atoms with van der Waals surface area (Å²) < 4.78 is 5.17. The zero-order valence-electron chi connectivity index (χ0n) is 6.43. The van der Waals surface area contributed by atoms with E-state index in [9.17, 15) is 0 Å². The fourth-order valence-corrected chi connectivity index (χ4v) is 1.19. The Bertz CT molecular complexity index is 388. The molecule has 0 saturated heterocycles. The molecule has 0 bridgehead atoms. The first kappa shape index (κ1) is 7.43. The number of aromatic nitrogens is 4. The Morgan fingerprint density at radius 3 is 3.33 bits per heavy atom. The van der Waals surface area contributed by atoms with E-state index < -0.39 is 0 Å². The van der Waals surface area contributed by atoms with E-state index in [2.05, 4.69) is 15.3 Å². The lowest BCUT2D eigenvalue weighted by Gasteiger charge is -1.98. The van der Waals surface area contributed by atoms with Gasteiger partial charge in [-0.25, -0.2) is 4.98 Å². The summed E-state index contributed by atoms with van der Waals surface area (Å²) in [5.74, 6) is 0. The average molecular weight is 182 g/mol. The molecule has 1 unspecified atom stereocenters. The third-order valence-corrected chi connectivity index (χ3v) is 1.71. The second-order valence-electron chi connectivity index (χ2n) is 2.10. The topological polar surface area (TPSA) is 52.8 Å². The van der Waals surface area contributed by atoms with Crippen molar-refractivity contribution in [3.63, 3.8) is 0 Å². The van der Waals surface area contributed by atoms with Crippen molar-refractivity contribution in [1.29, 1.82) is 0 Å². The van der Waals surface area contributed by atoms with E-state index in [0.717, 1.165) is 5.52 Å². The molecule has 2 rings (SSSR count). The Hall–Kier alpha value is -1.22. The van der Waals surface area contributed by atoms with Crippen LogP contribution in [0.25, 0.3) is 11.2 Å². The number of fused-ring (bicyclic) bond motifs is 1. The molecule has 0 saturated carbocycles. The highest BCUT2D eigenvalue weighted by Crippen LogP contribution is 2.07. The van der Waals surface area contributed by atoms with Gasteiger partial charge in [-0.3, -0.25) is 0 Å². The fourth-order valence-electron chi connectivity index (χ4n) is 0.893. The van der Waals surface area contributed by atoms with Gasteiger partial charge in [-0.05, 0) is 24.0 Å². The van der Waals surface area contributed by atoms with Gasteiger partial charge in [0.2, 0.25) is 5.65 Å². The standard InChI is InChI=1S/C6H7N4OP/c1-12-11-10-6-5(8-9-10)3-2-4-7-6/h2-4,12H,1H3. The van der Waals surface area contributed by atoms with Crippen LogP contribution in [0.5, 0.6) is 0 Å². The van der Waals surface area contributed by atoms with Crippen molar-refractivity contribution in [2.75, 3.05) is 6.66 Å². The monoisotopic (exact) mass is 182 g/mol. The fraction of sp³-hybridized carbons (Fsp3) is 0.167. The molecule has 2 aromatic heterocycles. The van der Waals surface area contributed by atoms with Crippen LogP contribution < -0.4 is 4.62 Å². The maximum absolute atomic E-state index is 5.17. The van der Waals surface area contributed by atoms with Crippen molar-refractivity contribution in [3.8, 4) is 0 Å². The maximum atomic E-state index is 5.17. The molecule has 1 atom stereocenters. The first-order valence-electron chi connectivity index (χ1n) is 3.42. The van der Waals surface area contributed by atoms with Gasteiger partial charge in [0.25, 0.3) is 0 Å². The Kier molecular flexibility index (Phi) is 1.87. The molecule has 0 aliphatic rings. The molecule has 12 heavy (non-hydrogen) atoms. The summed E-state index contributed by atoms with van der Waals surface area (Å²) in [6.07, 6.45) is 1.68. The summed E-state index contributed by atoms with van der Waals surface area (Å²) in [6.45, 7) is 1.91. The third-order valence-electron chi connectivity index (χ3n) is 1.36. The Morgan fingerprint density at radius 1 is 1.58 bits per heavy atom. The number of rotatable bonds is 2. The molecular weight excluding hydrogens is 175 g/mol. The summed E-state index contributed by atoms with van der Waals surface area (Å²) >= 11 is 0. The Morgan fingerprint density at radius 2 is 2.50 bits per heavy atom. The molecule has 0 spiro atoms. The normalized spacial score (nSPS) is 11.4. The van der Waals surface area contributed by atoms with Crippen molar-refractivity contribution in [1.82, 2.24) is 20.1 Å². The molecular formula is C6H7N4OP. The molecule has 0 radical (unpaired) electrons. The highest BCUT2D eigenvalue weighted by atomic mass is 31.1. The Balaban J connectivity index is 2.55. The van der Waals surface area contributed by atoms with E-state index in [0.29, 0.717) is 14.5 Å². The van der Waals surface area contributed by atoms with Crippen LogP contribution in [0.3, 0.4) is 0 Å². The first-order valence-corrected chi connectivity index (χ1v) is 4.83. The van der Waals surface area contributed by atoms with Gasteiger partial charge in [0.05, 0.1) is 0 Å². The van der Waals surface area contributed by atoms with Crippen LogP contribution in [-0.4, -0.2) is 26.8 Å². The van der Waals surface area contributed by atoms with Crippen LogP contribution in [0.15, 0.2) is 18.3 Å². The van der Waals surface area contributed by atoms with Crippen molar-refractivity contribution < 1.29 is 4.62 Å². The van der Waals surface area contributed by atoms with Gasteiger partial charge in [0, 0.05) is 6.20 Å². The average Bonchev–Trinajstić information content (AvgIpc) is 2.50. The smallest absolute Gasteiger partial charge is 0.219 e. The number of nitrogens with zero attached hydrogens (tertiary/aromatic N) is 4. The molecule has 0 aromatic carbocycles. The minimum absolute atomic E-state index is 0.336. The molecule has 5 nitrogen and oxygen atoms in total. The lowest BCUT2D eigenvalue weighted by Crippen LogP contribution is -2.04. The van der Waals surface area contributed by atoms with Crippen LogP contribution in [-0.2, 0) is 0 Å². The number of pyridine rings is 1. The lowest BCUT2D eigenvalue weighted by molar-refractivity contribution is 0.271. The summed E-state index contributed by atoms with van der Waals surface area (Å²) in [7, 11) is 0.336. The number of hydrogen-bond acceptors (Lipinski definition) is 4. The molecule has 0 N–H and O–H groups in total. The van der Waals surface area contributed by atoms with Crippen molar-refractivity contribution in [2.45, 2.75) is 0 Å². The highest BCUT2D eigenvalue weighted by molar-refractivity contribution is 7.31. The van der Waals surface area contributed by atoms with Crippen molar-refractivity contribution >= 4 is 20.0 Å². The summed E-state index contributed by atoms with van der Waals surface area (Å²) in [6, 6.07) is 3.66. The predicted molar refractivity (Wildman–Crippen MR) is 46.1 cm³/mol. The second kappa shape index (κ2) is 3.03. The highest BCUT2D eigenvalue weighted by Gasteiger charge is 2.03. The number of hydrogen-bond donors (Lipinski definition) is 0. The summed E-state index contributed by atoms with van der Waals surface area (Å²) in [5, 5.41) is 7.64. The van der Waals surface area contributed by atoms with E-state index in [1.165, 1.54) is 4.85 Å². The molecule has 0 fully saturated rings. The molecule has 2 heterocycles. The van der Waals surface area contributed by atoms with Gasteiger partial charge < -0.3 is 4.62 Å². The van der Waals surface area contributed by atoms with E-state index in [-0.39, 0.29) is 0 Å². The van der Waals surface area contributed by atoms with Gasteiger partial charge >= 0.3 is 0 Å². The summed E-state index contributed by atoms with van der Waals surface area (Å²) in [5.41, 5.74) is 1.41. The van der Waals surface area contributed by atoms with E-state index in [1.807, 2.05) is 18.8 Å². The molecule has 62 valence electrons. The minimum atomic E-state index is 0.336. The van der Waals surface area contributed by atoms with Crippen molar-refractivity contribution in [3.05, 3.63) is 18.3 Å². The van der Waals surface area contributed by atoms with Gasteiger partial charge in [0.15, 0.2) is 0 Å². The van der Waals surface area contributed by atoms with Gasteiger partial charge in [0.1, 0.15) is 14.3 Å². The first-order chi connectivity index (χ1) is 5.92. The van der Waals surface area contributed by atoms with E-state index >= 15 is 0 Å². The van der Waals surface area contributed by atoms with Crippen LogP contribution in [0, 0.1) is 0 Å². The molecule has 0 aliphatic carbocycles. The van der Waals surface area contributed by atoms with Gasteiger partial charge in [-0.2, -0.15) is 0 Å². The zero-order chi connectivity index (χ0) is 8.39. The van der Waals surface area contributed by atoms with E-state index in [4.69, 9.17) is 4.62 Å². The zero-order valence-corrected chi connectivity index (χ0v) is 7.43. The maximum Gasteiger partial charge on any atom is 0.219 e. The van der Waals surface area contributed by atoms with Crippen LogP contribution in [0.1, 0.15) is 0 Å². The van der Waals surface area contributed by atoms with Gasteiger partial charge in [-0.1, -0.05) is 4.85 Å². The quantitative estimate of drug-likeness (QED) is 0.634. The SMILES string of the molecule is CPOn1nnc2cccnc21. The minimum Gasteiger partial charge on any atom is -0.378 e. The molecule has 6 heteroatoms. The van der Waals surface area contributed by atoms with Crippen LogP contribution in [0.4, 0.5) is 0 Å². The largest absolute Gasteiger partial charge is 0.378 e. The molecule has 0 aliphatic heterocycles. The molecule has 2 aromatic rings. The lowest BCUT2D eigenvalue weighted by atomic mass is 10.4.